The fraction of sp³-hybridized carbons (Fsp3) is 0.200. The number of aromatic nitrogens is 3. The lowest BCUT2D eigenvalue weighted by atomic mass is 10.2. The molecule has 3 heterocycles. The zero-order chi connectivity index (χ0) is 18.6. The first-order chi connectivity index (χ1) is 13.2. The molecule has 0 spiro atoms. The average molecular weight is 380 g/mol. The number of hydrogen-bond donors (Lipinski definition) is 0. The van der Waals surface area contributed by atoms with E-state index in [1.807, 2.05) is 42.5 Å². The minimum Gasteiger partial charge on any atom is -0.497 e. The van der Waals surface area contributed by atoms with E-state index < -0.39 is 0 Å². The van der Waals surface area contributed by atoms with Crippen molar-refractivity contribution in [2.24, 2.45) is 0 Å². The normalized spacial score (nSPS) is 11.0. The monoisotopic (exact) mass is 380 g/mol. The lowest BCUT2D eigenvalue weighted by molar-refractivity contribution is 0.415. The largest absolute Gasteiger partial charge is 0.497 e. The number of methoxy groups -OCH3 is 1. The Labute approximate surface area is 160 Å². The molecule has 6 nitrogen and oxygen atoms in total. The van der Waals surface area contributed by atoms with Crippen LogP contribution >= 0.6 is 11.3 Å². The van der Waals surface area contributed by atoms with E-state index in [4.69, 9.17) is 4.74 Å². The van der Waals surface area contributed by atoms with E-state index in [9.17, 15) is 4.79 Å². The highest BCUT2D eigenvalue weighted by atomic mass is 32.1. The average Bonchev–Trinajstić information content (AvgIpc) is 3.33. The number of fused-ring (bicyclic) bond motifs is 1. The van der Waals surface area contributed by atoms with Crippen molar-refractivity contribution in [2.75, 3.05) is 18.6 Å². The molecule has 0 saturated carbocycles. The number of benzene rings is 1. The third kappa shape index (κ3) is 3.73. The molecule has 3 aromatic heterocycles. The molecule has 0 aliphatic rings. The van der Waals surface area contributed by atoms with E-state index in [0.717, 1.165) is 18.0 Å². The van der Waals surface area contributed by atoms with Crippen molar-refractivity contribution in [1.29, 1.82) is 0 Å². The lowest BCUT2D eigenvalue weighted by Crippen LogP contribution is -2.31. The van der Waals surface area contributed by atoms with Crippen molar-refractivity contribution in [3.63, 3.8) is 0 Å². The molecular weight excluding hydrogens is 360 g/mol. The molecular formula is C20H20N4O2S. The van der Waals surface area contributed by atoms with Crippen LogP contribution in [0.3, 0.4) is 0 Å². The van der Waals surface area contributed by atoms with Crippen LogP contribution in [0.15, 0.2) is 71.0 Å². The summed E-state index contributed by atoms with van der Waals surface area (Å²) >= 11 is 1.73. The van der Waals surface area contributed by atoms with Gasteiger partial charge in [0, 0.05) is 23.3 Å². The zero-order valence-electron chi connectivity index (χ0n) is 15.0. The predicted octanol–water partition coefficient (Wildman–Crippen LogP) is 3.27. The molecule has 0 unspecified atom stereocenters. The van der Waals surface area contributed by atoms with Gasteiger partial charge >= 0.3 is 5.69 Å². The van der Waals surface area contributed by atoms with Gasteiger partial charge in [-0.3, -0.25) is 4.40 Å². The molecule has 0 saturated heterocycles. The molecule has 0 aliphatic heterocycles. The van der Waals surface area contributed by atoms with Gasteiger partial charge in [0.2, 0.25) is 0 Å². The Hall–Kier alpha value is -3.06. The van der Waals surface area contributed by atoms with E-state index in [0.29, 0.717) is 18.7 Å². The van der Waals surface area contributed by atoms with Gasteiger partial charge in [-0.05, 0) is 47.8 Å². The summed E-state index contributed by atoms with van der Waals surface area (Å²) in [5.41, 5.74) is 1.63. The van der Waals surface area contributed by atoms with Gasteiger partial charge in [-0.15, -0.1) is 16.4 Å². The molecule has 0 atom stereocenters. The van der Waals surface area contributed by atoms with Crippen LogP contribution in [0.25, 0.3) is 5.65 Å². The van der Waals surface area contributed by atoms with Gasteiger partial charge in [0.15, 0.2) is 5.65 Å². The van der Waals surface area contributed by atoms with E-state index in [-0.39, 0.29) is 5.69 Å². The Morgan fingerprint density at radius 1 is 1.11 bits per heavy atom. The van der Waals surface area contributed by atoms with Gasteiger partial charge in [-0.25, -0.2) is 9.48 Å². The van der Waals surface area contributed by atoms with Gasteiger partial charge < -0.3 is 9.64 Å². The summed E-state index contributed by atoms with van der Waals surface area (Å²) in [6.07, 6.45) is 1.74. The molecule has 0 fully saturated rings. The van der Waals surface area contributed by atoms with Crippen molar-refractivity contribution in [1.82, 2.24) is 14.2 Å². The highest BCUT2D eigenvalue weighted by Crippen LogP contribution is 2.22. The van der Waals surface area contributed by atoms with E-state index in [1.165, 1.54) is 9.56 Å². The van der Waals surface area contributed by atoms with E-state index in [2.05, 4.69) is 27.5 Å². The van der Waals surface area contributed by atoms with Crippen LogP contribution in [0, 0.1) is 0 Å². The first-order valence-electron chi connectivity index (χ1n) is 8.70. The summed E-state index contributed by atoms with van der Waals surface area (Å²) in [6.45, 7) is 1.97. The summed E-state index contributed by atoms with van der Waals surface area (Å²) < 4.78 is 8.35. The number of thiophene rings is 1. The van der Waals surface area contributed by atoms with Crippen LogP contribution in [0.1, 0.15) is 4.88 Å². The van der Waals surface area contributed by atoms with Crippen LogP contribution < -0.4 is 15.3 Å². The van der Waals surface area contributed by atoms with Gasteiger partial charge in [0.05, 0.1) is 20.2 Å². The third-order valence-corrected chi connectivity index (χ3v) is 5.30. The van der Waals surface area contributed by atoms with Gasteiger partial charge in [-0.1, -0.05) is 12.1 Å². The van der Waals surface area contributed by atoms with E-state index >= 15 is 0 Å². The van der Waals surface area contributed by atoms with Crippen molar-refractivity contribution in [3.05, 3.63) is 81.5 Å². The summed E-state index contributed by atoms with van der Waals surface area (Å²) in [5.74, 6) is 0.825. The molecule has 4 rings (SSSR count). The van der Waals surface area contributed by atoms with Crippen molar-refractivity contribution in [3.8, 4) is 5.75 Å². The lowest BCUT2D eigenvalue weighted by Gasteiger charge is -2.24. The Morgan fingerprint density at radius 3 is 2.67 bits per heavy atom. The first kappa shape index (κ1) is 17.4. The van der Waals surface area contributed by atoms with Crippen molar-refractivity contribution < 1.29 is 4.74 Å². The number of hydrogen-bond acceptors (Lipinski definition) is 5. The predicted molar refractivity (Wildman–Crippen MR) is 108 cm³/mol. The Kier molecular flexibility index (Phi) is 4.93. The van der Waals surface area contributed by atoms with Crippen molar-refractivity contribution >= 4 is 22.7 Å². The number of anilines is 1. The van der Waals surface area contributed by atoms with Crippen LogP contribution in [0.4, 0.5) is 5.69 Å². The fourth-order valence-electron chi connectivity index (χ4n) is 3.01. The number of nitrogens with zero attached hydrogens (tertiary/aromatic N) is 4. The molecule has 0 aliphatic carbocycles. The van der Waals surface area contributed by atoms with Crippen LogP contribution in [-0.2, 0) is 13.1 Å². The number of ether oxygens (including phenoxy) is 1. The van der Waals surface area contributed by atoms with Crippen LogP contribution in [-0.4, -0.2) is 27.8 Å². The molecule has 0 bridgehead atoms. The Bertz CT molecular complexity index is 1070. The standard InChI is InChI=1S/C20H20N4O2S/c1-26-17-9-7-16(8-10-17)22(15-18-5-4-14-27-18)12-13-24-20(25)23-11-3-2-6-19(23)21-24/h2-11,14H,12-13,15H2,1H3. The van der Waals surface area contributed by atoms with Crippen LogP contribution in [0.2, 0.25) is 0 Å². The maximum Gasteiger partial charge on any atom is 0.350 e. The SMILES string of the molecule is COc1ccc(N(CCn2nc3ccccn3c2=O)Cc2cccs2)cc1. The molecule has 7 heteroatoms. The Morgan fingerprint density at radius 2 is 1.96 bits per heavy atom. The number of pyridine rings is 1. The second-order valence-corrected chi connectivity index (χ2v) is 7.17. The maximum atomic E-state index is 12.5. The molecule has 0 N–H and O–H groups in total. The maximum absolute atomic E-state index is 12.5. The minimum atomic E-state index is -0.114. The molecule has 4 aromatic rings. The highest BCUT2D eigenvalue weighted by molar-refractivity contribution is 7.09. The minimum absolute atomic E-state index is 0.114. The second-order valence-electron chi connectivity index (χ2n) is 6.13. The van der Waals surface area contributed by atoms with Crippen molar-refractivity contribution in [2.45, 2.75) is 13.1 Å². The molecule has 0 radical (unpaired) electrons. The van der Waals surface area contributed by atoms with Gasteiger partial charge in [0.25, 0.3) is 0 Å². The molecule has 1 aromatic carbocycles. The molecule has 0 amide bonds. The van der Waals surface area contributed by atoms with Crippen LogP contribution in [0.5, 0.6) is 5.75 Å². The van der Waals surface area contributed by atoms with E-state index in [1.54, 1.807) is 29.0 Å². The van der Waals surface area contributed by atoms with Gasteiger partial charge in [-0.2, -0.15) is 0 Å². The summed E-state index contributed by atoms with van der Waals surface area (Å²) in [5, 5.41) is 6.50. The Balaban J connectivity index is 1.57. The second kappa shape index (κ2) is 7.67. The number of rotatable bonds is 7. The molecule has 27 heavy (non-hydrogen) atoms. The smallest absolute Gasteiger partial charge is 0.350 e. The first-order valence-corrected chi connectivity index (χ1v) is 9.58. The molecule has 138 valence electrons. The fourth-order valence-corrected chi connectivity index (χ4v) is 3.73. The summed E-state index contributed by atoms with van der Waals surface area (Å²) in [7, 11) is 1.66. The summed E-state index contributed by atoms with van der Waals surface area (Å²) in [4.78, 5) is 16.0. The zero-order valence-corrected chi connectivity index (χ0v) is 15.8. The highest BCUT2D eigenvalue weighted by Gasteiger charge is 2.12. The topological polar surface area (TPSA) is 51.8 Å². The third-order valence-electron chi connectivity index (χ3n) is 4.43. The summed E-state index contributed by atoms with van der Waals surface area (Å²) in [6, 6.07) is 17.7. The quantitative estimate of drug-likeness (QED) is 0.494. The van der Waals surface area contributed by atoms with Gasteiger partial charge in [0.1, 0.15) is 5.75 Å².